The number of nitrogens with zero attached hydrogens (tertiary/aromatic N) is 1. The second-order valence-corrected chi connectivity index (χ2v) is 5.73. The van der Waals surface area contributed by atoms with Crippen molar-refractivity contribution < 1.29 is 14.7 Å². The lowest BCUT2D eigenvalue weighted by Gasteiger charge is -2.14. The van der Waals surface area contributed by atoms with Gasteiger partial charge in [-0.25, -0.2) is 0 Å². The molecule has 2 N–H and O–H groups in total. The highest BCUT2D eigenvalue weighted by atomic mass is 16.4. The molecule has 3 rings (SSSR count). The van der Waals surface area contributed by atoms with Crippen molar-refractivity contribution in [3.8, 4) is 0 Å². The minimum absolute atomic E-state index is 0.119. The number of aryl methyl sites for hydroxylation is 2. The zero-order chi connectivity index (χ0) is 15.1. The molecule has 1 aromatic heterocycles. The van der Waals surface area contributed by atoms with Crippen molar-refractivity contribution in [2.75, 3.05) is 13.1 Å². The molecule has 0 radical (unpaired) electrons. The van der Waals surface area contributed by atoms with Gasteiger partial charge in [0, 0.05) is 24.0 Å². The maximum absolute atomic E-state index is 12.5. The van der Waals surface area contributed by atoms with Crippen LogP contribution in [-0.2, 0) is 4.79 Å². The van der Waals surface area contributed by atoms with Gasteiger partial charge in [0.05, 0.1) is 5.92 Å². The van der Waals surface area contributed by atoms with Crippen LogP contribution in [0.15, 0.2) is 18.2 Å². The fourth-order valence-electron chi connectivity index (χ4n) is 2.89. The summed E-state index contributed by atoms with van der Waals surface area (Å²) in [5.41, 5.74) is 3.82. The molecule has 2 heterocycles. The third-order valence-corrected chi connectivity index (χ3v) is 4.40. The van der Waals surface area contributed by atoms with Crippen molar-refractivity contribution >= 4 is 22.8 Å². The van der Waals surface area contributed by atoms with E-state index < -0.39 is 11.9 Å². The minimum Gasteiger partial charge on any atom is -0.481 e. The van der Waals surface area contributed by atoms with E-state index in [1.54, 1.807) is 4.90 Å². The first-order valence-corrected chi connectivity index (χ1v) is 7.08. The largest absolute Gasteiger partial charge is 0.481 e. The highest BCUT2D eigenvalue weighted by Crippen LogP contribution is 2.24. The minimum atomic E-state index is -0.826. The average molecular weight is 286 g/mol. The van der Waals surface area contributed by atoms with Gasteiger partial charge in [0.1, 0.15) is 5.69 Å². The van der Waals surface area contributed by atoms with E-state index in [-0.39, 0.29) is 5.91 Å². The van der Waals surface area contributed by atoms with Crippen LogP contribution in [0, 0.1) is 19.8 Å². The molecule has 1 saturated heterocycles. The van der Waals surface area contributed by atoms with Crippen molar-refractivity contribution in [1.29, 1.82) is 0 Å². The molecule has 1 unspecified atom stereocenters. The van der Waals surface area contributed by atoms with Crippen molar-refractivity contribution in [3.63, 3.8) is 0 Å². The lowest BCUT2D eigenvalue weighted by atomic mass is 10.1. The lowest BCUT2D eigenvalue weighted by molar-refractivity contribution is -0.141. The number of fused-ring (bicyclic) bond motifs is 1. The Balaban J connectivity index is 1.89. The van der Waals surface area contributed by atoms with E-state index in [0.29, 0.717) is 25.2 Å². The highest BCUT2D eigenvalue weighted by molar-refractivity contribution is 5.99. The van der Waals surface area contributed by atoms with Gasteiger partial charge in [0.25, 0.3) is 5.91 Å². The molecule has 5 nitrogen and oxygen atoms in total. The Bertz CT molecular complexity index is 732. The molecular formula is C16H18N2O3. The van der Waals surface area contributed by atoms with Crippen LogP contribution in [0.4, 0.5) is 0 Å². The Morgan fingerprint density at radius 1 is 1.33 bits per heavy atom. The summed E-state index contributed by atoms with van der Waals surface area (Å²) < 4.78 is 0. The first-order valence-electron chi connectivity index (χ1n) is 7.08. The number of benzene rings is 1. The number of rotatable bonds is 2. The Hall–Kier alpha value is -2.30. The molecule has 1 fully saturated rings. The average Bonchev–Trinajstić information content (AvgIpc) is 3.09. The van der Waals surface area contributed by atoms with E-state index in [1.807, 2.05) is 32.0 Å². The van der Waals surface area contributed by atoms with Crippen LogP contribution in [0.25, 0.3) is 10.9 Å². The maximum Gasteiger partial charge on any atom is 0.308 e. The fraction of sp³-hybridized carbons (Fsp3) is 0.375. The number of likely N-dealkylation sites (tertiary alicyclic amines) is 1. The van der Waals surface area contributed by atoms with E-state index in [4.69, 9.17) is 5.11 Å². The smallest absolute Gasteiger partial charge is 0.308 e. The number of H-pyrrole nitrogens is 1. The van der Waals surface area contributed by atoms with Crippen LogP contribution in [0.5, 0.6) is 0 Å². The molecule has 0 aliphatic carbocycles. The number of carbonyl (C=O) groups is 2. The van der Waals surface area contributed by atoms with E-state index in [0.717, 1.165) is 16.5 Å². The van der Waals surface area contributed by atoms with Gasteiger partial charge in [0.15, 0.2) is 0 Å². The van der Waals surface area contributed by atoms with Gasteiger partial charge < -0.3 is 15.0 Å². The molecule has 5 heteroatoms. The number of carbonyl (C=O) groups excluding carboxylic acids is 1. The summed E-state index contributed by atoms with van der Waals surface area (Å²) in [6.07, 6.45) is 0.527. The van der Waals surface area contributed by atoms with E-state index >= 15 is 0 Å². The summed E-state index contributed by atoms with van der Waals surface area (Å²) in [6.45, 7) is 4.88. The number of hydrogen-bond acceptors (Lipinski definition) is 2. The van der Waals surface area contributed by atoms with Crippen LogP contribution in [0.1, 0.15) is 28.0 Å². The van der Waals surface area contributed by atoms with E-state index in [2.05, 4.69) is 4.98 Å². The van der Waals surface area contributed by atoms with Gasteiger partial charge in [-0.2, -0.15) is 0 Å². The predicted octanol–water partition coefficient (Wildman–Crippen LogP) is 2.33. The molecule has 21 heavy (non-hydrogen) atoms. The van der Waals surface area contributed by atoms with Crippen molar-refractivity contribution in [3.05, 3.63) is 35.0 Å². The molecular weight excluding hydrogens is 268 g/mol. The molecule has 1 aliphatic heterocycles. The third kappa shape index (κ3) is 2.28. The molecule has 1 aromatic carbocycles. The number of aliphatic carboxylic acids is 1. The summed E-state index contributed by atoms with van der Waals surface area (Å²) in [5.74, 6) is -1.39. The van der Waals surface area contributed by atoms with Crippen molar-refractivity contribution in [2.24, 2.45) is 5.92 Å². The second kappa shape index (κ2) is 4.91. The van der Waals surface area contributed by atoms with Gasteiger partial charge in [-0.1, -0.05) is 6.07 Å². The SMILES string of the molecule is Cc1ccc2[nH]c(C(=O)N3CCC(C(=O)O)C3)cc2c1C. The summed E-state index contributed by atoms with van der Waals surface area (Å²) in [5, 5.41) is 10.1. The zero-order valence-electron chi connectivity index (χ0n) is 12.1. The van der Waals surface area contributed by atoms with Gasteiger partial charge in [-0.15, -0.1) is 0 Å². The summed E-state index contributed by atoms with van der Waals surface area (Å²) in [7, 11) is 0. The van der Waals surface area contributed by atoms with Gasteiger partial charge in [-0.05, 0) is 43.5 Å². The first kappa shape index (κ1) is 13.7. The molecule has 110 valence electrons. The number of aromatic amines is 1. The van der Waals surface area contributed by atoms with E-state index in [9.17, 15) is 9.59 Å². The summed E-state index contributed by atoms with van der Waals surface area (Å²) in [4.78, 5) is 28.2. The lowest BCUT2D eigenvalue weighted by Crippen LogP contribution is -2.30. The Morgan fingerprint density at radius 2 is 2.10 bits per heavy atom. The summed E-state index contributed by atoms with van der Waals surface area (Å²) >= 11 is 0. The zero-order valence-corrected chi connectivity index (χ0v) is 12.1. The van der Waals surface area contributed by atoms with Crippen LogP contribution in [0.3, 0.4) is 0 Å². The number of hydrogen-bond donors (Lipinski definition) is 2. The first-order chi connectivity index (χ1) is 9.97. The Morgan fingerprint density at radius 3 is 2.76 bits per heavy atom. The number of nitrogens with one attached hydrogen (secondary N) is 1. The molecule has 0 spiro atoms. The quantitative estimate of drug-likeness (QED) is 0.890. The standard InChI is InChI=1S/C16H18N2O3/c1-9-3-4-13-12(10(9)2)7-14(17-13)15(19)18-6-5-11(8-18)16(20)21/h3-4,7,11,17H,5-6,8H2,1-2H3,(H,20,21). The van der Waals surface area contributed by atoms with Crippen molar-refractivity contribution in [2.45, 2.75) is 20.3 Å². The van der Waals surface area contributed by atoms with Gasteiger partial charge in [-0.3, -0.25) is 9.59 Å². The monoisotopic (exact) mass is 286 g/mol. The Kier molecular flexibility index (Phi) is 3.20. The maximum atomic E-state index is 12.5. The third-order valence-electron chi connectivity index (χ3n) is 4.40. The predicted molar refractivity (Wildman–Crippen MR) is 79.4 cm³/mol. The van der Waals surface area contributed by atoms with Gasteiger partial charge >= 0.3 is 5.97 Å². The van der Waals surface area contributed by atoms with E-state index in [1.165, 1.54) is 5.56 Å². The summed E-state index contributed by atoms with van der Waals surface area (Å²) in [6, 6.07) is 5.87. The number of carboxylic acids is 1. The van der Waals surface area contributed by atoms with Crippen LogP contribution in [0.2, 0.25) is 0 Å². The second-order valence-electron chi connectivity index (χ2n) is 5.73. The van der Waals surface area contributed by atoms with Crippen molar-refractivity contribution in [1.82, 2.24) is 9.88 Å². The normalized spacial score (nSPS) is 18.4. The number of aromatic nitrogens is 1. The molecule has 1 atom stereocenters. The molecule has 1 aliphatic rings. The topological polar surface area (TPSA) is 73.4 Å². The highest BCUT2D eigenvalue weighted by Gasteiger charge is 2.31. The Labute approximate surface area is 122 Å². The molecule has 2 aromatic rings. The van der Waals surface area contributed by atoms with Crippen LogP contribution >= 0.6 is 0 Å². The number of carboxylic acid groups (broad SMARTS) is 1. The van der Waals surface area contributed by atoms with Crippen LogP contribution < -0.4 is 0 Å². The molecule has 0 saturated carbocycles. The molecule has 0 bridgehead atoms. The number of amides is 1. The van der Waals surface area contributed by atoms with Gasteiger partial charge in [0.2, 0.25) is 0 Å². The molecule has 1 amide bonds. The fourth-order valence-corrected chi connectivity index (χ4v) is 2.89. The van der Waals surface area contributed by atoms with Crippen LogP contribution in [-0.4, -0.2) is 40.0 Å².